The summed E-state index contributed by atoms with van der Waals surface area (Å²) in [4.78, 5) is 12.0. The zero-order valence-electron chi connectivity index (χ0n) is 13.3. The number of allylic oxidation sites excluding steroid dienone is 1. The average molecular weight is 377 g/mol. The Labute approximate surface area is 154 Å². The third kappa shape index (κ3) is 4.32. The van der Waals surface area contributed by atoms with Crippen LogP contribution in [0.5, 0.6) is 5.75 Å². The summed E-state index contributed by atoms with van der Waals surface area (Å²) in [5, 5.41) is 4.97. The fraction of sp³-hybridized carbons (Fsp3) is 0.111. The first-order valence-corrected chi connectivity index (χ1v) is 8.15. The minimum Gasteiger partial charge on any atom is -0.484 e. The van der Waals surface area contributed by atoms with E-state index in [1.54, 1.807) is 55.7 Å². The van der Waals surface area contributed by atoms with E-state index in [1.165, 1.54) is 10.8 Å². The van der Waals surface area contributed by atoms with E-state index < -0.39 is 0 Å². The molecule has 0 saturated heterocycles. The molecule has 2 aromatic heterocycles. The van der Waals surface area contributed by atoms with Crippen molar-refractivity contribution in [3.8, 4) is 5.75 Å². The van der Waals surface area contributed by atoms with Gasteiger partial charge >= 0.3 is 0 Å². The maximum absolute atomic E-state index is 12.0. The van der Waals surface area contributed by atoms with Crippen LogP contribution in [-0.4, -0.2) is 15.6 Å². The average Bonchev–Trinajstić information content (AvgIpc) is 3.22. The van der Waals surface area contributed by atoms with Crippen molar-refractivity contribution < 1.29 is 13.9 Å². The topological polar surface area (TPSA) is 57.3 Å². The van der Waals surface area contributed by atoms with Gasteiger partial charge < -0.3 is 9.15 Å². The Morgan fingerprint density at radius 3 is 2.88 bits per heavy atom. The highest BCUT2D eigenvalue weighted by atomic mass is 35.5. The lowest BCUT2D eigenvalue weighted by Crippen LogP contribution is -2.03. The number of rotatable bonds is 6. The zero-order valence-corrected chi connectivity index (χ0v) is 14.8. The Bertz CT molecular complexity index is 928. The maximum atomic E-state index is 12.0. The molecule has 0 amide bonds. The number of hydrogen-bond donors (Lipinski definition) is 0. The molecule has 0 aliphatic rings. The first-order valence-electron chi connectivity index (χ1n) is 7.40. The summed E-state index contributed by atoms with van der Waals surface area (Å²) in [7, 11) is 1.71. The van der Waals surface area contributed by atoms with E-state index >= 15 is 0 Å². The summed E-state index contributed by atoms with van der Waals surface area (Å²) in [6, 6.07) is 10.2. The molecule has 7 heteroatoms. The van der Waals surface area contributed by atoms with Crippen LogP contribution in [0.15, 0.2) is 53.1 Å². The number of nitrogens with zero attached hydrogens (tertiary/aromatic N) is 2. The van der Waals surface area contributed by atoms with Crippen molar-refractivity contribution in [1.82, 2.24) is 9.78 Å². The molecular weight excluding hydrogens is 363 g/mol. The SMILES string of the molecule is Cn1nccc1C(=O)C=Cc1ccc(COc2cc(Cl)ccc2Cl)o1. The van der Waals surface area contributed by atoms with Gasteiger partial charge in [-0.3, -0.25) is 9.48 Å². The molecule has 5 nitrogen and oxygen atoms in total. The number of carbonyl (C=O) groups excluding carboxylic acids is 1. The maximum Gasteiger partial charge on any atom is 0.203 e. The highest BCUT2D eigenvalue weighted by Crippen LogP contribution is 2.28. The molecule has 25 heavy (non-hydrogen) atoms. The predicted octanol–water partition coefficient (Wildman–Crippen LogP) is 4.80. The largest absolute Gasteiger partial charge is 0.484 e. The van der Waals surface area contributed by atoms with Gasteiger partial charge in [-0.25, -0.2) is 0 Å². The number of aryl methyl sites for hydroxylation is 1. The van der Waals surface area contributed by atoms with Crippen molar-refractivity contribution >= 4 is 35.1 Å². The second kappa shape index (κ2) is 7.59. The van der Waals surface area contributed by atoms with Crippen molar-refractivity contribution in [3.05, 3.63) is 75.9 Å². The molecule has 1 aromatic carbocycles. The van der Waals surface area contributed by atoms with Crippen LogP contribution in [0.25, 0.3) is 6.08 Å². The van der Waals surface area contributed by atoms with Crippen LogP contribution in [0.4, 0.5) is 0 Å². The van der Waals surface area contributed by atoms with E-state index in [4.69, 9.17) is 32.4 Å². The van der Waals surface area contributed by atoms with Crippen LogP contribution in [-0.2, 0) is 13.7 Å². The molecular formula is C18H14Cl2N2O3. The molecule has 0 spiro atoms. The van der Waals surface area contributed by atoms with Gasteiger partial charge in [0.15, 0.2) is 0 Å². The summed E-state index contributed by atoms with van der Waals surface area (Å²) in [5.41, 5.74) is 0.502. The second-order valence-corrected chi connectivity index (χ2v) is 6.05. The fourth-order valence-corrected chi connectivity index (χ4v) is 2.49. The van der Waals surface area contributed by atoms with Crippen LogP contribution in [0.3, 0.4) is 0 Å². The highest BCUT2D eigenvalue weighted by Gasteiger charge is 2.08. The lowest BCUT2D eigenvalue weighted by Gasteiger charge is -2.06. The molecule has 0 atom stereocenters. The number of carbonyl (C=O) groups is 1. The predicted molar refractivity (Wildman–Crippen MR) is 96.1 cm³/mol. The van der Waals surface area contributed by atoms with E-state index in [-0.39, 0.29) is 12.4 Å². The molecule has 0 aliphatic carbocycles. The van der Waals surface area contributed by atoms with Crippen LogP contribution < -0.4 is 4.74 Å². The molecule has 0 fully saturated rings. The van der Waals surface area contributed by atoms with E-state index in [0.717, 1.165) is 0 Å². The van der Waals surface area contributed by atoms with Gasteiger partial charge in [0.05, 0.1) is 5.02 Å². The summed E-state index contributed by atoms with van der Waals surface area (Å²) >= 11 is 12.0. The van der Waals surface area contributed by atoms with E-state index in [0.29, 0.717) is 33.0 Å². The molecule has 3 rings (SSSR count). The van der Waals surface area contributed by atoms with Gasteiger partial charge in [0.2, 0.25) is 5.78 Å². The molecule has 0 bridgehead atoms. The lowest BCUT2D eigenvalue weighted by atomic mass is 10.2. The second-order valence-electron chi connectivity index (χ2n) is 5.21. The number of benzene rings is 1. The number of halogens is 2. The van der Waals surface area contributed by atoms with Crippen molar-refractivity contribution in [2.24, 2.45) is 7.05 Å². The number of furan rings is 1. The van der Waals surface area contributed by atoms with Crippen LogP contribution in [0.2, 0.25) is 10.0 Å². The molecule has 0 saturated carbocycles. The molecule has 2 heterocycles. The van der Waals surface area contributed by atoms with E-state index in [2.05, 4.69) is 5.10 Å². The smallest absolute Gasteiger partial charge is 0.203 e. The number of ether oxygens (including phenoxy) is 1. The Morgan fingerprint density at radius 1 is 1.28 bits per heavy atom. The number of aromatic nitrogens is 2. The van der Waals surface area contributed by atoms with Gasteiger partial charge in [-0.15, -0.1) is 0 Å². The standard InChI is InChI=1S/C18H14Cl2N2O3/c1-22-16(8-9-21-22)17(23)7-5-13-3-4-14(25-13)11-24-18-10-12(19)2-6-15(18)20/h2-10H,11H2,1H3. The normalized spacial score (nSPS) is 11.2. The molecule has 0 N–H and O–H groups in total. The minimum absolute atomic E-state index is 0.153. The van der Waals surface area contributed by atoms with Crippen molar-refractivity contribution in [2.75, 3.05) is 0 Å². The Hall–Kier alpha value is -2.50. The van der Waals surface area contributed by atoms with Crippen molar-refractivity contribution in [2.45, 2.75) is 6.61 Å². The van der Waals surface area contributed by atoms with E-state index in [1.807, 2.05) is 0 Å². The quantitative estimate of drug-likeness (QED) is 0.458. The molecule has 0 radical (unpaired) electrons. The minimum atomic E-state index is -0.153. The van der Waals surface area contributed by atoms with E-state index in [9.17, 15) is 4.79 Å². The first kappa shape index (κ1) is 17.3. The van der Waals surface area contributed by atoms with Gasteiger partial charge in [0, 0.05) is 24.3 Å². The fourth-order valence-electron chi connectivity index (χ4n) is 2.16. The van der Waals surface area contributed by atoms with Crippen molar-refractivity contribution in [3.63, 3.8) is 0 Å². The van der Waals surface area contributed by atoms with Crippen LogP contribution in [0.1, 0.15) is 22.0 Å². The third-order valence-electron chi connectivity index (χ3n) is 3.42. The highest BCUT2D eigenvalue weighted by molar-refractivity contribution is 6.34. The number of hydrogen-bond acceptors (Lipinski definition) is 4. The van der Waals surface area contributed by atoms with Crippen molar-refractivity contribution in [1.29, 1.82) is 0 Å². The number of ketones is 1. The van der Waals surface area contributed by atoms with Gasteiger partial charge in [0.25, 0.3) is 0 Å². The molecule has 0 aliphatic heterocycles. The summed E-state index contributed by atoms with van der Waals surface area (Å²) in [5.74, 6) is 1.48. The Balaban J connectivity index is 1.62. The third-order valence-corrected chi connectivity index (χ3v) is 3.97. The van der Waals surface area contributed by atoms with Crippen LogP contribution >= 0.6 is 23.2 Å². The Kier molecular flexibility index (Phi) is 5.26. The van der Waals surface area contributed by atoms with Gasteiger partial charge in [-0.2, -0.15) is 5.10 Å². The summed E-state index contributed by atoms with van der Waals surface area (Å²) in [6.07, 6.45) is 4.61. The summed E-state index contributed by atoms with van der Waals surface area (Å²) < 4.78 is 12.7. The molecule has 3 aromatic rings. The van der Waals surface area contributed by atoms with Gasteiger partial charge in [-0.1, -0.05) is 23.2 Å². The van der Waals surface area contributed by atoms with Crippen LogP contribution in [0, 0.1) is 0 Å². The Morgan fingerprint density at radius 2 is 2.12 bits per heavy atom. The zero-order chi connectivity index (χ0) is 17.8. The lowest BCUT2D eigenvalue weighted by molar-refractivity contribution is 0.103. The monoisotopic (exact) mass is 376 g/mol. The van der Waals surface area contributed by atoms with Gasteiger partial charge in [-0.05, 0) is 42.5 Å². The molecule has 0 unspecified atom stereocenters. The first-order chi connectivity index (χ1) is 12.0. The van der Waals surface area contributed by atoms with Gasteiger partial charge in [0.1, 0.15) is 29.6 Å². The molecule has 128 valence electrons. The summed E-state index contributed by atoms with van der Waals surface area (Å²) in [6.45, 7) is 0.198.